The Morgan fingerprint density at radius 3 is 1.21 bits per heavy atom. The summed E-state index contributed by atoms with van der Waals surface area (Å²) in [6, 6.07) is 49.2. The van der Waals surface area contributed by atoms with Crippen LogP contribution in [0.15, 0.2) is 133 Å². The molecule has 3 aromatic heterocycles. The van der Waals surface area contributed by atoms with Crippen molar-refractivity contribution in [2.45, 2.75) is 0 Å². The first-order valence-electron chi connectivity index (χ1n) is 13.1. The Kier molecular flexibility index (Phi) is 3.82. The fourth-order valence-electron chi connectivity index (χ4n) is 6.59. The van der Waals surface area contributed by atoms with Crippen LogP contribution in [0.5, 0.6) is 0 Å². The second kappa shape index (κ2) is 7.24. The third kappa shape index (κ3) is 2.56. The average molecular weight is 483 g/mol. The van der Waals surface area contributed by atoms with E-state index < -0.39 is 0 Å². The van der Waals surface area contributed by atoms with Crippen molar-refractivity contribution in [1.82, 2.24) is 8.80 Å². The van der Waals surface area contributed by atoms with Crippen LogP contribution < -0.4 is 0 Å². The minimum atomic E-state index is 1.17. The van der Waals surface area contributed by atoms with E-state index in [-0.39, 0.29) is 0 Å². The van der Waals surface area contributed by atoms with Gasteiger partial charge in [-0.05, 0) is 64.0 Å². The van der Waals surface area contributed by atoms with Crippen LogP contribution in [0.1, 0.15) is 0 Å². The zero-order valence-corrected chi connectivity index (χ0v) is 20.6. The van der Waals surface area contributed by atoms with E-state index in [0.29, 0.717) is 0 Å². The van der Waals surface area contributed by atoms with Gasteiger partial charge in [-0.2, -0.15) is 0 Å². The first kappa shape index (κ1) is 20.0. The van der Waals surface area contributed by atoms with E-state index in [4.69, 9.17) is 0 Å². The Morgan fingerprint density at radius 1 is 0.289 bits per heavy atom. The van der Waals surface area contributed by atoms with E-state index in [0.717, 1.165) is 0 Å². The molecule has 0 aliphatic carbocycles. The fourth-order valence-corrected chi connectivity index (χ4v) is 6.59. The van der Waals surface area contributed by atoms with Crippen molar-refractivity contribution in [2.75, 3.05) is 0 Å². The second-order valence-electron chi connectivity index (χ2n) is 10.2. The molecule has 3 heterocycles. The number of para-hydroxylation sites is 2. The van der Waals surface area contributed by atoms with Gasteiger partial charge in [0.2, 0.25) is 0 Å². The van der Waals surface area contributed by atoms with Crippen LogP contribution in [-0.4, -0.2) is 8.80 Å². The van der Waals surface area contributed by atoms with Gasteiger partial charge in [0.05, 0.1) is 22.1 Å². The molecule has 0 saturated carbocycles. The lowest BCUT2D eigenvalue weighted by atomic mass is 10.0. The maximum absolute atomic E-state index is 2.43. The predicted molar refractivity (Wildman–Crippen MR) is 162 cm³/mol. The number of rotatable bonds is 0. The van der Waals surface area contributed by atoms with Crippen LogP contribution in [0, 0.1) is 0 Å². The number of aromatic nitrogens is 2. The van der Waals surface area contributed by atoms with E-state index in [1.807, 2.05) is 0 Å². The standard InChI is InChI=1S/C36H22N2/c1-2-11-28-24-17-19-32-30-13-4-6-15-34(30)38(36(32)21-24)26-9-7-8-25(22-26)37-33-14-5-3-12-29(33)31-18-16-23(20-35(31)37)27(28)10-1/h1-22H. The minimum absolute atomic E-state index is 1.17. The number of fused-ring (bicyclic) bond motifs is 15. The highest BCUT2D eigenvalue weighted by molar-refractivity contribution is 6.16. The van der Waals surface area contributed by atoms with Gasteiger partial charge in [-0.1, -0.05) is 91.0 Å². The van der Waals surface area contributed by atoms with E-state index in [2.05, 4.69) is 142 Å². The van der Waals surface area contributed by atoms with Crippen molar-refractivity contribution < 1.29 is 0 Å². The summed E-state index contributed by atoms with van der Waals surface area (Å²) >= 11 is 0. The number of hydrogen-bond donors (Lipinski definition) is 0. The Bertz CT molecular complexity index is 2290. The molecule has 0 N–H and O–H groups in total. The van der Waals surface area contributed by atoms with Crippen LogP contribution in [0.3, 0.4) is 0 Å². The molecule has 9 rings (SSSR count). The van der Waals surface area contributed by atoms with Crippen LogP contribution in [0.25, 0.3) is 76.2 Å². The molecule has 0 amide bonds. The monoisotopic (exact) mass is 482 g/mol. The van der Waals surface area contributed by atoms with Crippen molar-refractivity contribution in [3.8, 4) is 0 Å². The highest BCUT2D eigenvalue weighted by atomic mass is 14.9. The molecule has 38 heavy (non-hydrogen) atoms. The van der Waals surface area contributed by atoms with Crippen LogP contribution in [-0.2, 0) is 0 Å². The molecule has 2 heteroatoms. The van der Waals surface area contributed by atoms with E-state index in [1.54, 1.807) is 0 Å². The lowest BCUT2D eigenvalue weighted by Crippen LogP contribution is -1.87. The lowest BCUT2D eigenvalue weighted by Gasteiger charge is -2.03. The Morgan fingerprint density at radius 2 is 0.711 bits per heavy atom. The largest absolute Gasteiger partial charge is 0.309 e. The van der Waals surface area contributed by atoms with Gasteiger partial charge in [-0.3, -0.25) is 0 Å². The van der Waals surface area contributed by atoms with Gasteiger partial charge in [0.25, 0.3) is 0 Å². The molecule has 0 aliphatic rings. The van der Waals surface area contributed by atoms with Gasteiger partial charge in [0.15, 0.2) is 0 Å². The molecule has 0 saturated heterocycles. The van der Waals surface area contributed by atoms with Gasteiger partial charge in [-0.15, -0.1) is 0 Å². The molecular formula is C36H22N2. The Hall–Kier alpha value is -5.08. The number of benzene rings is 6. The van der Waals surface area contributed by atoms with E-state index in [9.17, 15) is 0 Å². The summed E-state index contributed by atoms with van der Waals surface area (Å²) in [6.07, 6.45) is 0. The molecule has 9 aromatic rings. The Balaban J connectivity index is 1.69. The maximum atomic E-state index is 2.43. The molecule has 6 aromatic carbocycles. The summed E-state index contributed by atoms with van der Waals surface area (Å²) in [4.78, 5) is 0. The zero-order chi connectivity index (χ0) is 24.8. The highest BCUT2D eigenvalue weighted by Crippen LogP contribution is 2.35. The fraction of sp³-hybridized carbons (Fsp3) is 0. The highest BCUT2D eigenvalue weighted by Gasteiger charge is 2.12. The Labute approximate surface area is 218 Å². The molecular weight excluding hydrogens is 460 g/mol. The molecule has 0 atom stereocenters. The van der Waals surface area contributed by atoms with Crippen molar-refractivity contribution in [1.29, 1.82) is 0 Å². The summed E-state index contributed by atoms with van der Waals surface area (Å²) in [7, 11) is 0. The lowest BCUT2D eigenvalue weighted by molar-refractivity contribution is 1.31. The van der Waals surface area contributed by atoms with Crippen LogP contribution >= 0.6 is 0 Å². The van der Waals surface area contributed by atoms with Crippen molar-refractivity contribution in [3.63, 3.8) is 0 Å². The van der Waals surface area contributed by atoms with Gasteiger partial charge in [0, 0.05) is 32.6 Å². The van der Waals surface area contributed by atoms with Crippen LogP contribution in [0.2, 0.25) is 0 Å². The first-order valence-corrected chi connectivity index (χ1v) is 13.1. The second-order valence-corrected chi connectivity index (χ2v) is 10.2. The predicted octanol–water partition coefficient (Wildman–Crippen LogP) is 9.67. The quantitative estimate of drug-likeness (QED) is 0.203. The van der Waals surface area contributed by atoms with Gasteiger partial charge < -0.3 is 8.80 Å². The van der Waals surface area contributed by atoms with E-state index in [1.165, 1.54) is 76.2 Å². The summed E-state index contributed by atoms with van der Waals surface area (Å²) < 4.78 is 4.85. The summed E-state index contributed by atoms with van der Waals surface area (Å²) in [5, 5.41) is 10.1. The molecule has 0 aliphatic heterocycles. The first-order chi connectivity index (χ1) is 18.8. The molecule has 0 radical (unpaired) electrons. The molecule has 2 nitrogen and oxygen atoms in total. The average Bonchev–Trinajstić information content (AvgIpc) is 3.49. The van der Waals surface area contributed by atoms with Gasteiger partial charge in [0.1, 0.15) is 0 Å². The summed E-state index contributed by atoms with van der Waals surface area (Å²) in [6.45, 7) is 0. The smallest absolute Gasteiger partial charge is 0.0547 e. The van der Waals surface area contributed by atoms with Gasteiger partial charge in [-0.25, -0.2) is 0 Å². The molecule has 0 fully saturated rings. The van der Waals surface area contributed by atoms with Crippen molar-refractivity contribution >= 4 is 76.2 Å². The molecule has 176 valence electrons. The van der Waals surface area contributed by atoms with Crippen LogP contribution in [0.4, 0.5) is 0 Å². The third-order valence-corrected chi connectivity index (χ3v) is 8.24. The topological polar surface area (TPSA) is 8.82 Å². The normalized spacial score (nSPS) is 12.2. The molecule has 0 unspecified atom stereocenters. The van der Waals surface area contributed by atoms with E-state index >= 15 is 0 Å². The number of hydrogen-bond acceptors (Lipinski definition) is 0. The molecule has 0 spiro atoms. The van der Waals surface area contributed by atoms with Gasteiger partial charge >= 0.3 is 0 Å². The zero-order valence-electron chi connectivity index (χ0n) is 20.6. The summed E-state index contributed by atoms with van der Waals surface area (Å²) in [5.74, 6) is 0. The SMILES string of the molecule is c1ccc2c3ccc4c5ccccc5n(c5cccc(c5)n5c6ccccc6c6ccc(cc65)c2c1)c4c3. The molecule has 6 bridgehead atoms. The third-order valence-electron chi connectivity index (χ3n) is 8.24. The summed E-state index contributed by atoms with van der Waals surface area (Å²) in [5.41, 5.74) is 7.24. The number of nitrogens with zero attached hydrogens (tertiary/aromatic N) is 2. The van der Waals surface area contributed by atoms with Crippen molar-refractivity contribution in [3.05, 3.63) is 133 Å². The maximum Gasteiger partial charge on any atom is 0.0547 e. The minimum Gasteiger partial charge on any atom is -0.309 e. The van der Waals surface area contributed by atoms with Crippen molar-refractivity contribution in [2.24, 2.45) is 0 Å².